The standard InChI is InChI=1S/C23H19FN2O2/c1-27-23-13-19(28-15-16-5-3-2-4-6-16)11-12-20(23)22-14-21(25-26-22)17-7-9-18(24)10-8-17/h2-14H,15H2,1H3,(H,25,26). The molecular formula is C23H19FN2O2. The Labute approximate surface area is 162 Å². The van der Waals surface area contributed by atoms with E-state index in [-0.39, 0.29) is 5.82 Å². The van der Waals surface area contributed by atoms with Crippen LogP contribution >= 0.6 is 0 Å². The van der Waals surface area contributed by atoms with Gasteiger partial charge in [0.15, 0.2) is 0 Å². The number of aromatic amines is 1. The van der Waals surface area contributed by atoms with Crippen molar-refractivity contribution in [3.05, 3.63) is 90.2 Å². The summed E-state index contributed by atoms with van der Waals surface area (Å²) in [6, 6.07) is 23.8. The third-order valence-corrected chi connectivity index (χ3v) is 4.43. The van der Waals surface area contributed by atoms with Gasteiger partial charge in [-0.25, -0.2) is 4.39 Å². The summed E-state index contributed by atoms with van der Waals surface area (Å²) in [5.41, 5.74) is 4.36. The highest BCUT2D eigenvalue weighted by Gasteiger charge is 2.12. The number of benzene rings is 3. The molecule has 1 N–H and O–H groups in total. The van der Waals surface area contributed by atoms with Gasteiger partial charge < -0.3 is 9.47 Å². The van der Waals surface area contributed by atoms with Gasteiger partial charge >= 0.3 is 0 Å². The third kappa shape index (κ3) is 3.88. The van der Waals surface area contributed by atoms with E-state index in [0.717, 1.165) is 33.8 Å². The smallest absolute Gasteiger partial charge is 0.131 e. The van der Waals surface area contributed by atoms with Crippen molar-refractivity contribution in [2.24, 2.45) is 0 Å². The number of nitrogens with one attached hydrogen (secondary N) is 1. The van der Waals surface area contributed by atoms with E-state index in [1.54, 1.807) is 19.2 Å². The summed E-state index contributed by atoms with van der Waals surface area (Å²) in [6.07, 6.45) is 0. The Balaban J connectivity index is 1.55. The van der Waals surface area contributed by atoms with Gasteiger partial charge in [0.2, 0.25) is 0 Å². The molecule has 140 valence electrons. The highest BCUT2D eigenvalue weighted by molar-refractivity contribution is 5.73. The first-order valence-corrected chi connectivity index (χ1v) is 8.89. The molecule has 5 heteroatoms. The van der Waals surface area contributed by atoms with Gasteiger partial charge in [-0.1, -0.05) is 30.3 Å². The van der Waals surface area contributed by atoms with E-state index in [2.05, 4.69) is 10.2 Å². The lowest BCUT2D eigenvalue weighted by atomic mass is 10.1. The van der Waals surface area contributed by atoms with Crippen LogP contribution in [-0.4, -0.2) is 17.3 Å². The molecule has 4 rings (SSSR count). The number of H-pyrrole nitrogens is 1. The first-order valence-electron chi connectivity index (χ1n) is 8.89. The average molecular weight is 374 g/mol. The summed E-state index contributed by atoms with van der Waals surface area (Å²) in [6.45, 7) is 0.488. The molecule has 0 bridgehead atoms. The molecule has 0 atom stereocenters. The van der Waals surface area contributed by atoms with E-state index in [1.807, 2.05) is 54.6 Å². The van der Waals surface area contributed by atoms with Gasteiger partial charge in [-0.15, -0.1) is 0 Å². The zero-order chi connectivity index (χ0) is 19.3. The molecule has 4 aromatic rings. The van der Waals surface area contributed by atoms with Crippen molar-refractivity contribution in [3.8, 4) is 34.0 Å². The number of halogens is 1. The Kier molecular flexibility index (Phi) is 5.06. The number of hydrogen-bond acceptors (Lipinski definition) is 3. The maximum atomic E-state index is 13.1. The molecule has 0 saturated heterocycles. The monoisotopic (exact) mass is 374 g/mol. The predicted octanol–water partition coefficient (Wildman–Crippen LogP) is 5.47. The molecule has 0 fully saturated rings. The minimum absolute atomic E-state index is 0.271. The summed E-state index contributed by atoms with van der Waals surface area (Å²) in [5, 5.41) is 7.35. The molecule has 0 unspecified atom stereocenters. The fraction of sp³-hybridized carbons (Fsp3) is 0.0870. The molecule has 1 aromatic heterocycles. The van der Waals surface area contributed by atoms with Gasteiger partial charge in [-0.05, 0) is 48.0 Å². The molecule has 4 nitrogen and oxygen atoms in total. The zero-order valence-corrected chi connectivity index (χ0v) is 15.4. The van der Waals surface area contributed by atoms with Crippen LogP contribution in [0.4, 0.5) is 4.39 Å². The molecule has 0 radical (unpaired) electrons. The van der Waals surface area contributed by atoms with Crippen LogP contribution < -0.4 is 9.47 Å². The average Bonchev–Trinajstić information content (AvgIpc) is 3.23. The van der Waals surface area contributed by atoms with E-state index < -0.39 is 0 Å². The second-order valence-electron chi connectivity index (χ2n) is 6.31. The van der Waals surface area contributed by atoms with E-state index in [9.17, 15) is 4.39 Å². The highest BCUT2D eigenvalue weighted by Crippen LogP contribution is 2.34. The highest BCUT2D eigenvalue weighted by atomic mass is 19.1. The van der Waals surface area contributed by atoms with Gasteiger partial charge in [-0.3, -0.25) is 5.10 Å². The van der Waals surface area contributed by atoms with Crippen molar-refractivity contribution in [3.63, 3.8) is 0 Å². The molecule has 0 amide bonds. The molecule has 0 saturated carbocycles. The lowest BCUT2D eigenvalue weighted by molar-refractivity contribution is 0.304. The van der Waals surface area contributed by atoms with Gasteiger partial charge in [0.25, 0.3) is 0 Å². The lowest BCUT2D eigenvalue weighted by Gasteiger charge is -2.11. The van der Waals surface area contributed by atoms with Gasteiger partial charge in [-0.2, -0.15) is 5.10 Å². The predicted molar refractivity (Wildman–Crippen MR) is 107 cm³/mol. The van der Waals surface area contributed by atoms with Crippen LogP contribution in [0.15, 0.2) is 78.9 Å². The molecule has 1 heterocycles. The Bertz CT molecular complexity index is 1060. The Morgan fingerprint density at radius 1 is 0.929 bits per heavy atom. The van der Waals surface area contributed by atoms with Crippen molar-refractivity contribution in [2.45, 2.75) is 6.61 Å². The summed E-state index contributed by atoms with van der Waals surface area (Å²) in [5.74, 6) is 1.13. The van der Waals surface area contributed by atoms with Crippen LogP contribution in [0.3, 0.4) is 0 Å². The quantitative estimate of drug-likeness (QED) is 0.487. The van der Waals surface area contributed by atoms with Crippen LogP contribution in [0.1, 0.15) is 5.56 Å². The van der Waals surface area contributed by atoms with E-state index in [1.165, 1.54) is 12.1 Å². The number of rotatable bonds is 6. The van der Waals surface area contributed by atoms with Crippen molar-refractivity contribution < 1.29 is 13.9 Å². The molecule has 28 heavy (non-hydrogen) atoms. The van der Waals surface area contributed by atoms with Gasteiger partial charge in [0.1, 0.15) is 23.9 Å². The summed E-state index contributed by atoms with van der Waals surface area (Å²) < 4.78 is 24.5. The number of ether oxygens (including phenoxy) is 2. The van der Waals surface area contributed by atoms with Crippen LogP contribution in [0.25, 0.3) is 22.5 Å². The summed E-state index contributed by atoms with van der Waals surface area (Å²) in [4.78, 5) is 0. The summed E-state index contributed by atoms with van der Waals surface area (Å²) >= 11 is 0. The van der Waals surface area contributed by atoms with E-state index in [4.69, 9.17) is 9.47 Å². The van der Waals surface area contributed by atoms with Crippen molar-refractivity contribution >= 4 is 0 Å². The molecule has 0 aliphatic rings. The zero-order valence-electron chi connectivity index (χ0n) is 15.4. The van der Waals surface area contributed by atoms with Crippen molar-refractivity contribution in [1.29, 1.82) is 0 Å². The number of aromatic nitrogens is 2. The Morgan fingerprint density at radius 3 is 2.46 bits per heavy atom. The second kappa shape index (κ2) is 7.96. The molecule has 0 spiro atoms. The molecule has 3 aromatic carbocycles. The maximum absolute atomic E-state index is 13.1. The van der Waals surface area contributed by atoms with Crippen LogP contribution in [0.2, 0.25) is 0 Å². The number of nitrogens with zero attached hydrogens (tertiary/aromatic N) is 1. The van der Waals surface area contributed by atoms with Crippen LogP contribution in [0.5, 0.6) is 11.5 Å². The fourth-order valence-electron chi connectivity index (χ4n) is 2.95. The minimum Gasteiger partial charge on any atom is -0.496 e. The molecule has 0 aliphatic heterocycles. The summed E-state index contributed by atoms with van der Waals surface area (Å²) in [7, 11) is 1.62. The van der Waals surface area contributed by atoms with Crippen molar-refractivity contribution in [2.75, 3.05) is 7.11 Å². The van der Waals surface area contributed by atoms with E-state index in [0.29, 0.717) is 12.4 Å². The molecular weight excluding hydrogens is 355 g/mol. The first kappa shape index (κ1) is 17.8. The number of methoxy groups -OCH3 is 1. The van der Waals surface area contributed by atoms with Crippen LogP contribution in [-0.2, 0) is 6.61 Å². The topological polar surface area (TPSA) is 47.1 Å². The fourth-order valence-corrected chi connectivity index (χ4v) is 2.95. The first-order chi connectivity index (χ1) is 13.7. The lowest BCUT2D eigenvalue weighted by Crippen LogP contribution is -1.96. The number of hydrogen-bond donors (Lipinski definition) is 1. The van der Waals surface area contributed by atoms with Gasteiger partial charge in [0, 0.05) is 17.2 Å². The van der Waals surface area contributed by atoms with E-state index >= 15 is 0 Å². The SMILES string of the molecule is COc1cc(OCc2ccccc2)ccc1-c1cc(-c2ccc(F)cc2)n[nH]1. The maximum Gasteiger partial charge on any atom is 0.131 e. The third-order valence-electron chi connectivity index (χ3n) is 4.43. The van der Waals surface area contributed by atoms with Crippen LogP contribution in [0, 0.1) is 5.82 Å². The normalized spacial score (nSPS) is 10.6. The largest absolute Gasteiger partial charge is 0.496 e. The van der Waals surface area contributed by atoms with Crippen molar-refractivity contribution in [1.82, 2.24) is 10.2 Å². The Morgan fingerprint density at radius 2 is 1.71 bits per heavy atom. The Hall–Kier alpha value is -3.60. The molecule has 0 aliphatic carbocycles. The second-order valence-corrected chi connectivity index (χ2v) is 6.31. The van der Waals surface area contributed by atoms with Gasteiger partial charge in [0.05, 0.1) is 18.5 Å². The minimum atomic E-state index is -0.271.